The van der Waals surface area contributed by atoms with Crippen LogP contribution < -0.4 is 5.32 Å². The number of dihydropyridines is 1. The number of carbonyl (C=O) groups is 2. The molecule has 1 aliphatic rings. The first-order chi connectivity index (χ1) is 13.4. The zero-order valence-electron chi connectivity index (χ0n) is 16.2. The van der Waals surface area contributed by atoms with Crippen LogP contribution in [-0.4, -0.2) is 42.8 Å². The van der Waals surface area contributed by atoms with E-state index in [0.29, 0.717) is 28.0 Å². The molecule has 3 rings (SSSR count). The summed E-state index contributed by atoms with van der Waals surface area (Å²) in [6, 6.07) is 5.25. The van der Waals surface area contributed by atoms with E-state index < -0.39 is 24.1 Å². The van der Waals surface area contributed by atoms with Gasteiger partial charge in [0.05, 0.1) is 24.2 Å². The average molecular weight is 387 g/mol. The highest BCUT2D eigenvalue weighted by Gasteiger charge is 2.39. The highest BCUT2D eigenvalue weighted by Crippen LogP contribution is 2.41. The predicted octanol–water partition coefficient (Wildman–Crippen LogP) is 2.17. The molecule has 9 nitrogen and oxygen atoms in total. The summed E-state index contributed by atoms with van der Waals surface area (Å²) < 4.78 is 20.2. The fourth-order valence-electron chi connectivity index (χ4n) is 3.28. The van der Waals surface area contributed by atoms with Crippen molar-refractivity contribution in [3.05, 3.63) is 46.3 Å². The first-order valence-corrected chi connectivity index (χ1v) is 8.60. The second kappa shape index (κ2) is 7.81. The van der Waals surface area contributed by atoms with Crippen molar-refractivity contribution < 1.29 is 28.4 Å². The summed E-state index contributed by atoms with van der Waals surface area (Å²) in [4.78, 5) is 25.6. The second-order valence-electron chi connectivity index (χ2n) is 6.31. The van der Waals surface area contributed by atoms with E-state index >= 15 is 0 Å². The van der Waals surface area contributed by atoms with Crippen LogP contribution in [0.2, 0.25) is 0 Å². The van der Waals surface area contributed by atoms with E-state index in [-0.39, 0.29) is 11.1 Å². The molecule has 0 spiro atoms. The van der Waals surface area contributed by atoms with Gasteiger partial charge in [-0.15, -0.1) is 0 Å². The van der Waals surface area contributed by atoms with Crippen LogP contribution in [-0.2, 0) is 23.8 Å². The molecule has 1 aromatic heterocycles. The molecule has 2 unspecified atom stereocenters. The molecular weight excluding hydrogens is 366 g/mol. The lowest BCUT2D eigenvalue weighted by atomic mass is 9.80. The minimum Gasteiger partial charge on any atom is -0.466 e. The van der Waals surface area contributed by atoms with E-state index in [1.807, 2.05) is 0 Å². The van der Waals surface area contributed by atoms with Gasteiger partial charge in [0.15, 0.2) is 6.29 Å². The van der Waals surface area contributed by atoms with Gasteiger partial charge in [0.25, 0.3) is 0 Å². The summed E-state index contributed by atoms with van der Waals surface area (Å²) in [7, 11) is 2.72. The van der Waals surface area contributed by atoms with Gasteiger partial charge in [-0.2, -0.15) is 0 Å². The van der Waals surface area contributed by atoms with Gasteiger partial charge in [0.1, 0.15) is 11.0 Å². The predicted molar refractivity (Wildman–Crippen MR) is 97.7 cm³/mol. The largest absolute Gasteiger partial charge is 0.466 e. The second-order valence-corrected chi connectivity index (χ2v) is 6.31. The summed E-state index contributed by atoms with van der Waals surface area (Å²) in [5, 5.41) is 10.9. The molecule has 0 radical (unpaired) electrons. The Kier molecular flexibility index (Phi) is 5.46. The van der Waals surface area contributed by atoms with E-state index in [1.54, 1.807) is 39.0 Å². The lowest BCUT2D eigenvalue weighted by Crippen LogP contribution is -2.33. The maximum atomic E-state index is 13.0. The SMILES string of the molecule is COC(=O)C1=C(C)NC(C)=C(C(=O)OC(C)OC)C1c1cccc2nonc12. The van der Waals surface area contributed by atoms with Crippen molar-refractivity contribution >= 4 is 23.0 Å². The monoisotopic (exact) mass is 387 g/mol. The number of hydrogen-bond donors (Lipinski definition) is 1. The van der Waals surface area contributed by atoms with E-state index in [1.165, 1.54) is 14.2 Å². The quantitative estimate of drug-likeness (QED) is 0.609. The Morgan fingerprint density at radius 1 is 1.11 bits per heavy atom. The summed E-state index contributed by atoms with van der Waals surface area (Å²) in [6.45, 7) is 5.08. The van der Waals surface area contributed by atoms with Gasteiger partial charge in [0.2, 0.25) is 0 Å². The lowest BCUT2D eigenvalue weighted by Gasteiger charge is -2.30. The van der Waals surface area contributed by atoms with Gasteiger partial charge in [-0.25, -0.2) is 14.2 Å². The Morgan fingerprint density at radius 2 is 1.79 bits per heavy atom. The molecule has 0 fully saturated rings. The summed E-state index contributed by atoms with van der Waals surface area (Å²) in [6.07, 6.45) is -0.758. The molecule has 9 heteroatoms. The molecule has 1 N–H and O–H groups in total. The molecule has 0 saturated heterocycles. The average Bonchev–Trinajstić information content (AvgIpc) is 3.15. The number of fused-ring (bicyclic) bond motifs is 1. The number of nitrogens with one attached hydrogen (secondary N) is 1. The summed E-state index contributed by atoms with van der Waals surface area (Å²) >= 11 is 0. The fourth-order valence-corrected chi connectivity index (χ4v) is 3.28. The maximum Gasteiger partial charge on any atom is 0.339 e. The normalized spacial score (nSPS) is 18.1. The van der Waals surface area contributed by atoms with E-state index in [4.69, 9.17) is 18.8 Å². The Labute approximate surface area is 161 Å². The third-order valence-electron chi connectivity index (χ3n) is 4.62. The molecular formula is C19H21N3O6. The van der Waals surface area contributed by atoms with E-state index in [2.05, 4.69) is 15.6 Å². The molecule has 1 aromatic carbocycles. The molecule has 148 valence electrons. The zero-order chi connectivity index (χ0) is 20.4. The third-order valence-corrected chi connectivity index (χ3v) is 4.62. The van der Waals surface area contributed by atoms with Crippen LogP contribution in [0.25, 0.3) is 11.0 Å². The standard InChI is InChI=1S/C19H21N3O6/c1-9-14(18(23)26-5)16(12-7-6-8-13-17(12)22-28-21-13)15(10(2)20-9)19(24)27-11(3)25-4/h6-8,11,16,20H,1-5H3. The minimum atomic E-state index is -0.777. The topological polar surface area (TPSA) is 113 Å². The van der Waals surface area contributed by atoms with Gasteiger partial charge in [-0.05, 0) is 42.7 Å². The number of hydrogen-bond acceptors (Lipinski definition) is 9. The van der Waals surface area contributed by atoms with Gasteiger partial charge >= 0.3 is 11.9 Å². The zero-order valence-corrected chi connectivity index (χ0v) is 16.2. The van der Waals surface area contributed by atoms with Gasteiger partial charge in [-0.3, -0.25) is 0 Å². The number of ether oxygens (including phenoxy) is 3. The van der Waals surface area contributed by atoms with Crippen LogP contribution in [0.3, 0.4) is 0 Å². The fraction of sp³-hybridized carbons (Fsp3) is 0.368. The van der Waals surface area contributed by atoms with Gasteiger partial charge in [-0.1, -0.05) is 12.1 Å². The highest BCUT2D eigenvalue weighted by molar-refractivity contribution is 6.01. The molecule has 2 atom stereocenters. The Morgan fingerprint density at radius 3 is 2.43 bits per heavy atom. The number of aromatic nitrogens is 2. The van der Waals surface area contributed by atoms with Crippen molar-refractivity contribution in [1.29, 1.82) is 0 Å². The number of esters is 2. The molecule has 0 amide bonds. The number of benzene rings is 1. The van der Waals surface area contributed by atoms with Crippen LogP contribution >= 0.6 is 0 Å². The van der Waals surface area contributed by atoms with Crippen molar-refractivity contribution in [2.24, 2.45) is 0 Å². The smallest absolute Gasteiger partial charge is 0.339 e. The lowest BCUT2D eigenvalue weighted by molar-refractivity contribution is -0.165. The molecule has 0 bridgehead atoms. The van der Waals surface area contributed by atoms with Gasteiger partial charge in [0, 0.05) is 18.5 Å². The Hall–Kier alpha value is -3.20. The van der Waals surface area contributed by atoms with Crippen molar-refractivity contribution in [1.82, 2.24) is 15.6 Å². The van der Waals surface area contributed by atoms with Crippen LogP contribution in [0.15, 0.2) is 45.4 Å². The van der Waals surface area contributed by atoms with Crippen molar-refractivity contribution in [3.63, 3.8) is 0 Å². The Balaban J connectivity index is 2.22. The van der Waals surface area contributed by atoms with Crippen molar-refractivity contribution in [2.45, 2.75) is 33.0 Å². The van der Waals surface area contributed by atoms with E-state index in [9.17, 15) is 9.59 Å². The van der Waals surface area contributed by atoms with Crippen LogP contribution in [0, 0.1) is 0 Å². The first kappa shape index (κ1) is 19.6. The van der Waals surface area contributed by atoms with E-state index in [0.717, 1.165) is 0 Å². The number of carbonyl (C=O) groups excluding carboxylic acids is 2. The van der Waals surface area contributed by atoms with Crippen molar-refractivity contribution in [2.75, 3.05) is 14.2 Å². The maximum absolute atomic E-state index is 13.0. The Bertz CT molecular complexity index is 990. The molecule has 0 aliphatic carbocycles. The number of methoxy groups -OCH3 is 2. The minimum absolute atomic E-state index is 0.255. The highest BCUT2D eigenvalue weighted by atomic mass is 16.7. The summed E-state index contributed by atoms with van der Waals surface area (Å²) in [5.74, 6) is -1.96. The summed E-state index contributed by atoms with van der Waals surface area (Å²) in [5.41, 5.74) is 3.19. The van der Waals surface area contributed by atoms with Crippen LogP contribution in [0.5, 0.6) is 0 Å². The molecule has 28 heavy (non-hydrogen) atoms. The molecule has 2 heterocycles. The number of allylic oxidation sites excluding steroid dienone is 2. The molecule has 1 aliphatic heterocycles. The molecule has 0 saturated carbocycles. The first-order valence-electron chi connectivity index (χ1n) is 8.60. The third kappa shape index (κ3) is 3.36. The number of rotatable bonds is 5. The van der Waals surface area contributed by atoms with Crippen molar-refractivity contribution in [3.8, 4) is 0 Å². The number of nitrogens with zero attached hydrogens (tertiary/aromatic N) is 2. The van der Waals surface area contributed by atoms with Crippen LogP contribution in [0.1, 0.15) is 32.3 Å². The molecule has 2 aromatic rings. The van der Waals surface area contributed by atoms with Crippen LogP contribution in [0.4, 0.5) is 0 Å². The van der Waals surface area contributed by atoms with Gasteiger partial charge < -0.3 is 19.5 Å².